The first-order valence-corrected chi connectivity index (χ1v) is 12.8. The maximum atomic E-state index is 14.7. The van der Waals surface area contributed by atoms with Gasteiger partial charge in [0.15, 0.2) is 0 Å². The van der Waals surface area contributed by atoms with Gasteiger partial charge in [0.1, 0.15) is 18.5 Å². The molecule has 1 aromatic carbocycles. The summed E-state index contributed by atoms with van der Waals surface area (Å²) in [5.74, 6) is 0.830. The van der Waals surface area contributed by atoms with E-state index in [0.29, 0.717) is 35.4 Å². The summed E-state index contributed by atoms with van der Waals surface area (Å²) in [6, 6.07) is 7.98. The van der Waals surface area contributed by atoms with Crippen LogP contribution in [0, 0.1) is 0 Å². The summed E-state index contributed by atoms with van der Waals surface area (Å²) < 4.78 is 63.9. The van der Waals surface area contributed by atoms with Gasteiger partial charge in [0.25, 0.3) is 0 Å². The number of likely N-dealkylation sites (tertiary alicyclic amines) is 1. The van der Waals surface area contributed by atoms with Gasteiger partial charge in [0.05, 0.1) is 29.3 Å². The van der Waals surface area contributed by atoms with Crippen LogP contribution in [0.5, 0.6) is 0 Å². The molecule has 0 aliphatic carbocycles. The second kappa shape index (κ2) is 10.2. The minimum absolute atomic E-state index is 0.0288. The second-order valence-corrected chi connectivity index (χ2v) is 11.0. The Balaban J connectivity index is 1.43. The molecule has 0 amide bonds. The summed E-state index contributed by atoms with van der Waals surface area (Å²) in [6.07, 6.45) is -3.15. The number of rotatable bonds is 7. The topological polar surface area (TPSA) is 89.0 Å². The molecule has 4 heterocycles. The molecule has 0 bridgehead atoms. The van der Waals surface area contributed by atoms with E-state index < -0.39 is 24.9 Å². The van der Waals surface area contributed by atoms with Gasteiger partial charge in [0, 0.05) is 36.4 Å². The molecular formula is C26H32F4N8O. The molecular weight excluding hydrogens is 516 g/mol. The van der Waals surface area contributed by atoms with Crippen LogP contribution in [0.25, 0.3) is 22.4 Å². The number of nitrogens with one attached hydrogen (secondary N) is 2. The van der Waals surface area contributed by atoms with Crippen LogP contribution in [0.1, 0.15) is 33.1 Å². The SMILES string of the molecule is CN1CC[C@@H](Nc2cccc3c2cc(-c2noc(CNc4ccn(C(C)(C)C)n4)n2)n3CC(F)(F)F)[C@@H](F)C1. The Morgan fingerprint density at radius 3 is 2.64 bits per heavy atom. The molecule has 1 aliphatic rings. The van der Waals surface area contributed by atoms with E-state index in [2.05, 4.69) is 25.9 Å². The summed E-state index contributed by atoms with van der Waals surface area (Å²) in [7, 11) is 1.86. The summed E-state index contributed by atoms with van der Waals surface area (Å²) in [5, 5.41) is 15.3. The van der Waals surface area contributed by atoms with Gasteiger partial charge >= 0.3 is 6.18 Å². The number of benzene rings is 1. The molecule has 210 valence electrons. The van der Waals surface area contributed by atoms with E-state index in [4.69, 9.17) is 4.52 Å². The predicted octanol–water partition coefficient (Wildman–Crippen LogP) is 5.27. The van der Waals surface area contributed by atoms with Crippen LogP contribution in [0.15, 0.2) is 41.1 Å². The predicted molar refractivity (Wildman–Crippen MR) is 140 cm³/mol. The van der Waals surface area contributed by atoms with Crippen LogP contribution in [0.3, 0.4) is 0 Å². The van der Waals surface area contributed by atoms with Crippen molar-refractivity contribution in [2.45, 2.75) is 64.2 Å². The zero-order chi connectivity index (χ0) is 27.9. The van der Waals surface area contributed by atoms with E-state index in [0.717, 1.165) is 11.1 Å². The number of nitrogens with zero attached hydrogens (tertiary/aromatic N) is 6. The molecule has 0 unspecified atom stereocenters. The fourth-order valence-electron chi connectivity index (χ4n) is 4.75. The Bertz CT molecular complexity index is 1430. The monoisotopic (exact) mass is 548 g/mol. The fourth-order valence-corrected chi connectivity index (χ4v) is 4.75. The van der Waals surface area contributed by atoms with E-state index in [9.17, 15) is 17.6 Å². The van der Waals surface area contributed by atoms with Crippen molar-refractivity contribution >= 4 is 22.4 Å². The van der Waals surface area contributed by atoms with Gasteiger partial charge < -0.3 is 24.6 Å². The van der Waals surface area contributed by atoms with Crippen molar-refractivity contribution in [3.63, 3.8) is 0 Å². The lowest BCUT2D eigenvalue weighted by Gasteiger charge is -2.33. The van der Waals surface area contributed by atoms with Crippen molar-refractivity contribution in [1.82, 2.24) is 29.4 Å². The van der Waals surface area contributed by atoms with Crippen LogP contribution in [0.4, 0.5) is 29.1 Å². The van der Waals surface area contributed by atoms with E-state index in [1.165, 1.54) is 0 Å². The average Bonchev–Trinajstić information content (AvgIpc) is 3.58. The Morgan fingerprint density at radius 1 is 1.15 bits per heavy atom. The van der Waals surface area contributed by atoms with Gasteiger partial charge in [-0.05, 0) is 52.4 Å². The van der Waals surface area contributed by atoms with Gasteiger partial charge in [-0.1, -0.05) is 11.2 Å². The number of halogens is 4. The molecule has 1 fully saturated rings. The smallest absolute Gasteiger partial charge is 0.379 e. The van der Waals surface area contributed by atoms with Crippen LogP contribution in [-0.2, 0) is 18.6 Å². The van der Waals surface area contributed by atoms with Gasteiger partial charge in [-0.2, -0.15) is 23.3 Å². The lowest BCUT2D eigenvalue weighted by Crippen LogP contribution is -2.46. The summed E-state index contributed by atoms with van der Waals surface area (Å²) in [4.78, 5) is 6.27. The van der Waals surface area contributed by atoms with Crippen molar-refractivity contribution in [1.29, 1.82) is 0 Å². The van der Waals surface area contributed by atoms with Crippen LogP contribution in [0.2, 0.25) is 0 Å². The molecule has 9 nitrogen and oxygen atoms in total. The zero-order valence-corrected chi connectivity index (χ0v) is 22.3. The molecule has 3 aromatic heterocycles. The largest absolute Gasteiger partial charge is 0.406 e. The first-order chi connectivity index (χ1) is 18.4. The fraction of sp³-hybridized carbons (Fsp3) is 0.500. The molecule has 13 heteroatoms. The number of anilines is 2. The first-order valence-electron chi connectivity index (χ1n) is 12.8. The van der Waals surface area contributed by atoms with Crippen molar-refractivity contribution in [3.05, 3.63) is 42.4 Å². The zero-order valence-electron chi connectivity index (χ0n) is 22.3. The Morgan fingerprint density at radius 2 is 1.95 bits per heavy atom. The normalized spacial score (nSPS) is 19.1. The molecule has 1 saturated heterocycles. The number of hydrogen-bond donors (Lipinski definition) is 2. The van der Waals surface area contributed by atoms with Crippen LogP contribution in [-0.4, -0.2) is 67.9 Å². The highest BCUT2D eigenvalue weighted by Gasteiger charge is 2.32. The lowest BCUT2D eigenvalue weighted by atomic mass is 10.0. The highest BCUT2D eigenvalue weighted by atomic mass is 19.4. The number of alkyl halides is 4. The standard InChI is InChI=1S/C26H32F4N8O/c1-25(2,3)38-11-9-22(34-38)31-13-23-33-24(35-39-23)21-12-16-18(32-19-8-10-36(4)14-17(19)27)6-5-7-20(16)37(21)15-26(28,29)30/h5-7,9,11-12,17,19,32H,8,10,13-15H2,1-4H3,(H,31,34)/t17-,19+/m0/s1. The summed E-state index contributed by atoms with van der Waals surface area (Å²) >= 11 is 0. The van der Waals surface area contributed by atoms with Crippen molar-refractivity contribution in [2.24, 2.45) is 0 Å². The quantitative estimate of drug-likeness (QED) is 0.304. The van der Waals surface area contributed by atoms with Gasteiger partial charge in [-0.25, -0.2) is 4.39 Å². The third kappa shape index (κ3) is 6.02. The van der Waals surface area contributed by atoms with Gasteiger partial charge in [-0.15, -0.1) is 0 Å². The molecule has 0 radical (unpaired) electrons. The highest BCUT2D eigenvalue weighted by Crippen LogP contribution is 2.35. The molecule has 39 heavy (non-hydrogen) atoms. The van der Waals surface area contributed by atoms with Gasteiger partial charge in [-0.3, -0.25) is 4.68 Å². The molecule has 1 aliphatic heterocycles. The van der Waals surface area contributed by atoms with Crippen molar-refractivity contribution in [2.75, 3.05) is 30.8 Å². The van der Waals surface area contributed by atoms with Crippen molar-refractivity contribution < 1.29 is 22.1 Å². The molecule has 4 aromatic rings. The molecule has 0 saturated carbocycles. The third-order valence-electron chi connectivity index (χ3n) is 6.76. The van der Waals surface area contributed by atoms with Crippen LogP contribution < -0.4 is 10.6 Å². The van der Waals surface area contributed by atoms with Crippen molar-refractivity contribution in [3.8, 4) is 11.5 Å². The first kappa shape index (κ1) is 27.0. The molecule has 2 atom stereocenters. The van der Waals surface area contributed by atoms with E-state index in [1.54, 1.807) is 24.3 Å². The second-order valence-electron chi connectivity index (χ2n) is 11.0. The summed E-state index contributed by atoms with van der Waals surface area (Å²) in [6.45, 7) is 6.01. The maximum Gasteiger partial charge on any atom is 0.406 e. The van der Waals surface area contributed by atoms with E-state index in [1.807, 2.05) is 49.7 Å². The van der Waals surface area contributed by atoms with Gasteiger partial charge in [0.2, 0.25) is 11.7 Å². The van der Waals surface area contributed by atoms with Crippen LogP contribution >= 0.6 is 0 Å². The van der Waals surface area contributed by atoms with E-state index in [-0.39, 0.29) is 29.5 Å². The minimum Gasteiger partial charge on any atom is -0.379 e. The summed E-state index contributed by atoms with van der Waals surface area (Å²) in [5.41, 5.74) is 0.874. The number of aromatic nitrogens is 5. The third-order valence-corrected chi connectivity index (χ3v) is 6.76. The molecule has 0 spiro atoms. The maximum absolute atomic E-state index is 14.7. The molecule has 5 rings (SSSR count). The Kier molecular flexibility index (Phi) is 7.04. The highest BCUT2D eigenvalue weighted by molar-refractivity contribution is 5.96. The molecule has 2 N–H and O–H groups in total. The number of fused-ring (bicyclic) bond motifs is 1. The van der Waals surface area contributed by atoms with E-state index >= 15 is 0 Å². The Hall–Kier alpha value is -3.61. The lowest BCUT2D eigenvalue weighted by molar-refractivity contribution is -0.139. The Labute approximate surface area is 223 Å². The number of hydrogen-bond acceptors (Lipinski definition) is 7. The average molecular weight is 549 g/mol. The minimum atomic E-state index is -4.48. The number of piperidine rings is 1.